The van der Waals surface area contributed by atoms with Crippen LogP contribution in [0, 0.1) is 3.57 Å². The summed E-state index contributed by atoms with van der Waals surface area (Å²) in [6.45, 7) is 6.60. The number of anilines is 1. The van der Waals surface area contributed by atoms with Crippen LogP contribution in [0.4, 0.5) is 5.69 Å². The number of halogens is 1. The maximum Gasteiger partial charge on any atom is 0.0317 e. The Morgan fingerprint density at radius 2 is 1.83 bits per heavy atom. The highest BCUT2D eigenvalue weighted by Gasteiger charge is 2.16. The predicted octanol–water partition coefficient (Wildman–Crippen LogP) is 3.17. The maximum atomic E-state index is 5.72. The first kappa shape index (κ1) is 9.84. The highest BCUT2D eigenvalue weighted by atomic mass is 127. The van der Waals surface area contributed by atoms with Crippen LogP contribution in [-0.2, 0) is 5.41 Å². The van der Waals surface area contributed by atoms with E-state index in [1.807, 2.05) is 6.07 Å². The number of hydrogen-bond donors (Lipinski definition) is 1. The minimum Gasteiger partial charge on any atom is -0.399 e. The Hall–Kier alpha value is -0.250. The number of nitrogens with two attached hydrogens (primary N) is 1. The molecule has 2 N–H and O–H groups in total. The van der Waals surface area contributed by atoms with Gasteiger partial charge in [-0.15, -0.1) is 0 Å². The lowest BCUT2D eigenvalue weighted by Gasteiger charge is -2.21. The first-order chi connectivity index (χ1) is 5.41. The zero-order valence-electron chi connectivity index (χ0n) is 7.69. The van der Waals surface area contributed by atoms with Crippen molar-refractivity contribution in [2.75, 3.05) is 5.73 Å². The molecular weight excluding hydrogens is 261 g/mol. The normalized spacial score (nSPS) is 11.7. The molecule has 0 amide bonds. The van der Waals surface area contributed by atoms with Gasteiger partial charge in [-0.05, 0) is 51.8 Å². The third-order valence-electron chi connectivity index (χ3n) is 1.80. The van der Waals surface area contributed by atoms with E-state index < -0.39 is 0 Å². The van der Waals surface area contributed by atoms with E-state index in [2.05, 4.69) is 55.5 Å². The van der Waals surface area contributed by atoms with Crippen LogP contribution in [0.15, 0.2) is 18.2 Å². The van der Waals surface area contributed by atoms with Crippen molar-refractivity contribution in [1.29, 1.82) is 0 Å². The molecule has 1 nitrogen and oxygen atoms in total. The summed E-state index contributed by atoms with van der Waals surface area (Å²) in [5.41, 5.74) is 8.08. The molecule has 0 bridgehead atoms. The minimum absolute atomic E-state index is 0.186. The molecule has 0 aliphatic heterocycles. The Morgan fingerprint density at radius 3 is 2.25 bits per heavy atom. The summed E-state index contributed by atoms with van der Waals surface area (Å²) in [6.07, 6.45) is 0. The largest absolute Gasteiger partial charge is 0.399 e. The zero-order chi connectivity index (χ0) is 9.35. The monoisotopic (exact) mass is 275 g/mol. The lowest BCUT2D eigenvalue weighted by atomic mass is 9.87. The van der Waals surface area contributed by atoms with Gasteiger partial charge < -0.3 is 5.73 Å². The summed E-state index contributed by atoms with van der Waals surface area (Å²) in [4.78, 5) is 0. The lowest BCUT2D eigenvalue weighted by Crippen LogP contribution is -2.13. The molecule has 0 aliphatic carbocycles. The van der Waals surface area contributed by atoms with E-state index in [0.29, 0.717) is 0 Å². The van der Waals surface area contributed by atoms with E-state index in [4.69, 9.17) is 5.73 Å². The smallest absolute Gasteiger partial charge is 0.0317 e. The van der Waals surface area contributed by atoms with Crippen LogP contribution in [0.2, 0.25) is 0 Å². The molecular formula is C10H14IN. The molecule has 0 spiro atoms. The van der Waals surface area contributed by atoms with Crippen LogP contribution in [0.1, 0.15) is 26.3 Å². The molecule has 0 saturated heterocycles. The van der Waals surface area contributed by atoms with Crippen molar-refractivity contribution in [3.63, 3.8) is 0 Å². The Bertz CT molecular complexity index is 286. The average Bonchev–Trinajstić information content (AvgIpc) is 1.92. The molecule has 0 aliphatic rings. The standard InChI is InChI=1S/C10H14IN/c1-10(2,3)8-6-7(12)4-5-9(8)11/h4-6H,12H2,1-3H3. The summed E-state index contributed by atoms with van der Waals surface area (Å²) in [5.74, 6) is 0. The van der Waals surface area contributed by atoms with Gasteiger partial charge in [-0.1, -0.05) is 20.8 Å². The second kappa shape index (κ2) is 3.24. The van der Waals surface area contributed by atoms with E-state index in [0.717, 1.165) is 5.69 Å². The van der Waals surface area contributed by atoms with E-state index in [1.54, 1.807) is 0 Å². The summed E-state index contributed by atoms with van der Waals surface area (Å²) in [7, 11) is 0. The minimum atomic E-state index is 0.186. The Labute approximate surface area is 87.5 Å². The first-order valence-corrected chi connectivity index (χ1v) is 5.04. The molecule has 0 radical (unpaired) electrons. The summed E-state index contributed by atoms with van der Waals surface area (Å²) >= 11 is 2.35. The average molecular weight is 275 g/mol. The van der Waals surface area contributed by atoms with Gasteiger partial charge in [-0.2, -0.15) is 0 Å². The lowest BCUT2D eigenvalue weighted by molar-refractivity contribution is 0.587. The molecule has 1 aromatic carbocycles. The van der Waals surface area contributed by atoms with Gasteiger partial charge in [-0.25, -0.2) is 0 Å². The highest BCUT2D eigenvalue weighted by molar-refractivity contribution is 14.1. The SMILES string of the molecule is CC(C)(C)c1cc(N)ccc1I. The molecule has 0 aromatic heterocycles. The summed E-state index contributed by atoms with van der Waals surface area (Å²) in [5, 5.41) is 0. The topological polar surface area (TPSA) is 26.0 Å². The van der Waals surface area contributed by atoms with Crippen LogP contribution in [-0.4, -0.2) is 0 Å². The third kappa shape index (κ3) is 2.12. The fraction of sp³-hybridized carbons (Fsp3) is 0.400. The van der Waals surface area contributed by atoms with Gasteiger partial charge >= 0.3 is 0 Å². The van der Waals surface area contributed by atoms with Gasteiger partial charge in [0.15, 0.2) is 0 Å². The van der Waals surface area contributed by atoms with E-state index in [9.17, 15) is 0 Å². The second-order valence-electron chi connectivity index (χ2n) is 3.99. The zero-order valence-corrected chi connectivity index (χ0v) is 9.84. The molecule has 0 saturated carbocycles. The summed E-state index contributed by atoms with van der Waals surface area (Å²) < 4.78 is 1.29. The van der Waals surface area contributed by atoms with Gasteiger partial charge in [-0.3, -0.25) is 0 Å². The second-order valence-corrected chi connectivity index (χ2v) is 5.15. The van der Waals surface area contributed by atoms with Crippen molar-refractivity contribution in [3.05, 3.63) is 27.3 Å². The van der Waals surface area contributed by atoms with Crippen LogP contribution in [0.5, 0.6) is 0 Å². The van der Waals surface area contributed by atoms with Gasteiger partial charge in [0.1, 0.15) is 0 Å². The molecule has 0 unspecified atom stereocenters. The maximum absolute atomic E-state index is 5.72. The van der Waals surface area contributed by atoms with Gasteiger partial charge in [0.25, 0.3) is 0 Å². The number of benzene rings is 1. The molecule has 1 rings (SSSR count). The molecule has 0 fully saturated rings. The molecule has 2 heteroatoms. The van der Waals surface area contributed by atoms with E-state index >= 15 is 0 Å². The predicted molar refractivity (Wildman–Crippen MR) is 62.3 cm³/mol. The molecule has 66 valence electrons. The van der Waals surface area contributed by atoms with Crippen molar-refractivity contribution in [1.82, 2.24) is 0 Å². The Kier molecular flexibility index (Phi) is 2.66. The molecule has 1 aromatic rings. The van der Waals surface area contributed by atoms with Gasteiger partial charge in [0.05, 0.1) is 0 Å². The summed E-state index contributed by atoms with van der Waals surface area (Å²) in [6, 6.07) is 6.06. The quantitative estimate of drug-likeness (QED) is 0.571. The van der Waals surface area contributed by atoms with Crippen LogP contribution >= 0.6 is 22.6 Å². The van der Waals surface area contributed by atoms with E-state index in [1.165, 1.54) is 9.13 Å². The Balaban J connectivity index is 3.23. The number of rotatable bonds is 0. The van der Waals surface area contributed by atoms with Gasteiger partial charge in [0, 0.05) is 9.26 Å². The van der Waals surface area contributed by atoms with Crippen molar-refractivity contribution < 1.29 is 0 Å². The molecule has 12 heavy (non-hydrogen) atoms. The Morgan fingerprint density at radius 1 is 1.25 bits per heavy atom. The van der Waals surface area contributed by atoms with Crippen LogP contribution in [0.25, 0.3) is 0 Å². The van der Waals surface area contributed by atoms with E-state index in [-0.39, 0.29) is 5.41 Å². The van der Waals surface area contributed by atoms with Crippen molar-refractivity contribution >= 4 is 28.3 Å². The van der Waals surface area contributed by atoms with Crippen molar-refractivity contribution in [2.24, 2.45) is 0 Å². The first-order valence-electron chi connectivity index (χ1n) is 3.97. The number of nitrogen functional groups attached to an aromatic ring is 1. The third-order valence-corrected chi connectivity index (χ3v) is 2.74. The van der Waals surface area contributed by atoms with Crippen molar-refractivity contribution in [2.45, 2.75) is 26.2 Å². The van der Waals surface area contributed by atoms with Crippen LogP contribution in [0.3, 0.4) is 0 Å². The van der Waals surface area contributed by atoms with Crippen molar-refractivity contribution in [3.8, 4) is 0 Å². The van der Waals surface area contributed by atoms with Crippen LogP contribution < -0.4 is 5.73 Å². The molecule has 0 atom stereocenters. The fourth-order valence-corrected chi connectivity index (χ4v) is 2.26. The molecule has 0 heterocycles. The van der Waals surface area contributed by atoms with Gasteiger partial charge in [0.2, 0.25) is 0 Å². The highest BCUT2D eigenvalue weighted by Crippen LogP contribution is 2.28. The number of hydrogen-bond acceptors (Lipinski definition) is 1. The fourth-order valence-electron chi connectivity index (χ4n) is 1.12.